The third-order valence-electron chi connectivity index (χ3n) is 1.85. The zero-order valence-corrected chi connectivity index (χ0v) is 10.8. The number of carboxylic acid groups (broad SMARTS) is 1. The van der Waals surface area contributed by atoms with Crippen molar-refractivity contribution >= 4 is 17.8 Å². The van der Waals surface area contributed by atoms with Gasteiger partial charge in [0.15, 0.2) is 0 Å². The van der Waals surface area contributed by atoms with Crippen LogP contribution in [0.4, 0.5) is 0 Å². The molecule has 5 heteroatoms. The Morgan fingerprint density at radius 2 is 1.72 bits per heavy atom. The zero-order chi connectivity index (χ0) is 14.1. The van der Waals surface area contributed by atoms with E-state index < -0.39 is 18.3 Å². The summed E-state index contributed by atoms with van der Waals surface area (Å²) in [4.78, 5) is 10.3. The van der Waals surface area contributed by atoms with E-state index in [1.165, 1.54) is 0 Å². The SMILES string of the molecule is CC.Cc1ccc(C(=N)OC(=N)CC(=O)O)cc1. The van der Waals surface area contributed by atoms with Crippen molar-refractivity contribution in [2.24, 2.45) is 0 Å². The first-order chi connectivity index (χ1) is 8.49. The lowest BCUT2D eigenvalue weighted by Gasteiger charge is -2.06. The van der Waals surface area contributed by atoms with E-state index in [4.69, 9.17) is 20.7 Å². The van der Waals surface area contributed by atoms with Gasteiger partial charge in [-0.05, 0) is 19.1 Å². The first-order valence-corrected chi connectivity index (χ1v) is 5.61. The standard InChI is InChI=1S/C11H12N2O3.C2H6/c1-7-2-4-8(5-3-7)11(13)16-9(12)6-10(14)15;1-2/h2-5,12-13H,6H2,1H3,(H,14,15);1-2H3. The molecule has 0 aliphatic heterocycles. The Hall–Kier alpha value is -2.17. The number of benzene rings is 1. The number of aliphatic carboxylic acids is 1. The van der Waals surface area contributed by atoms with E-state index in [0.29, 0.717) is 5.56 Å². The van der Waals surface area contributed by atoms with Gasteiger partial charge in [0.25, 0.3) is 0 Å². The molecule has 0 aliphatic carbocycles. The first kappa shape index (κ1) is 15.8. The smallest absolute Gasteiger partial charge is 0.312 e. The summed E-state index contributed by atoms with van der Waals surface area (Å²) in [6.07, 6.45) is -0.520. The third-order valence-corrected chi connectivity index (χ3v) is 1.85. The molecule has 0 unspecified atom stereocenters. The highest BCUT2D eigenvalue weighted by Gasteiger charge is 2.09. The molecule has 98 valence electrons. The van der Waals surface area contributed by atoms with E-state index in [1.807, 2.05) is 32.9 Å². The van der Waals surface area contributed by atoms with Crippen LogP contribution >= 0.6 is 0 Å². The largest absolute Gasteiger partial charge is 0.481 e. The normalized spacial score (nSPS) is 8.83. The lowest BCUT2D eigenvalue weighted by molar-refractivity contribution is -0.135. The topological polar surface area (TPSA) is 94.2 Å². The highest BCUT2D eigenvalue weighted by molar-refractivity contribution is 6.03. The molecule has 1 aromatic rings. The Balaban J connectivity index is 0.00000137. The van der Waals surface area contributed by atoms with Gasteiger partial charge in [0, 0.05) is 5.56 Å². The van der Waals surface area contributed by atoms with Crippen molar-refractivity contribution in [3.8, 4) is 0 Å². The molecule has 0 spiro atoms. The minimum Gasteiger partial charge on any atom is -0.481 e. The van der Waals surface area contributed by atoms with Crippen molar-refractivity contribution in [1.29, 1.82) is 10.8 Å². The number of nitrogens with one attached hydrogen (secondary N) is 2. The number of carboxylic acids is 1. The van der Waals surface area contributed by atoms with Crippen LogP contribution in [0.1, 0.15) is 31.4 Å². The van der Waals surface area contributed by atoms with Crippen LogP contribution in [-0.2, 0) is 9.53 Å². The van der Waals surface area contributed by atoms with Crippen LogP contribution in [0, 0.1) is 17.7 Å². The molecule has 5 nitrogen and oxygen atoms in total. The predicted molar refractivity (Wildman–Crippen MR) is 70.4 cm³/mol. The number of ether oxygens (including phenoxy) is 1. The summed E-state index contributed by atoms with van der Waals surface area (Å²) >= 11 is 0. The van der Waals surface area contributed by atoms with Crippen LogP contribution in [0.3, 0.4) is 0 Å². The maximum absolute atomic E-state index is 10.3. The molecule has 0 fully saturated rings. The summed E-state index contributed by atoms with van der Waals surface area (Å²) in [6.45, 7) is 5.92. The van der Waals surface area contributed by atoms with Crippen molar-refractivity contribution in [2.75, 3.05) is 0 Å². The van der Waals surface area contributed by atoms with Gasteiger partial charge >= 0.3 is 5.97 Å². The number of rotatable bonds is 3. The van der Waals surface area contributed by atoms with Gasteiger partial charge in [-0.2, -0.15) is 0 Å². The summed E-state index contributed by atoms with van der Waals surface area (Å²) in [5.41, 5.74) is 1.57. The summed E-state index contributed by atoms with van der Waals surface area (Å²) in [6, 6.07) is 7.00. The average molecular weight is 250 g/mol. The van der Waals surface area contributed by atoms with E-state index >= 15 is 0 Å². The van der Waals surface area contributed by atoms with Crippen LogP contribution in [0.25, 0.3) is 0 Å². The molecule has 0 aliphatic rings. The Morgan fingerprint density at radius 3 is 2.17 bits per heavy atom. The van der Waals surface area contributed by atoms with Gasteiger partial charge in [0.1, 0.15) is 6.42 Å². The molecule has 0 saturated heterocycles. The molecular weight excluding hydrogens is 232 g/mol. The predicted octanol–water partition coefficient (Wildman–Crippen LogP) is 2.82. The molecule has 1 rings (SSSR count). The second-order valence-corrected chi connectivity index (χ2v) is 3.29. The fourth-order valence-electron chi connectivity index (χ4n) is 1.06. The van der Waals surface area contributed by atoms with Crippen LogP contribution in [0.15, 0.2) is 24.3 Å². The average Bonchev–Trinajstić information content (AvgIpc) is 2.31. The molecular formula is C13H18N2O3. The highest BCUT2D eigenvalue weighted by Crippen LogP contribution is 2.05. The summed E-state index contributed by atoms with van der Waals surface area (Å²) < 4.78 is 4.77. The minimum atomic E-state index is -1.15. The molecule has 0 radical (unpaired) electrons. The van der Waals surface area contributed by atoms with E-state index in [0.717, 1.165) is 5.56 Å². The molecule has 0 saturated carbocycles. The van der Waals surface area contributed by atoms with Crippen LogP contribution in [0.5, 0.6) is 0 Å². The Labute approximate surface area is 106 Å². The van der Waals surface area contributed by atoms with E-state index in [2.05, 4.69) is 0 Å². The Bertz CT molecular complexity index is 424. The lowest BCUT2D eigenvalue weighted by Crippen LogP contribution is -2.15. The van der Waals surface area contributed by atoms with Gasteiger partial charge in [-0.25, -0.2) is 0 Å². The maximum atomic E-state index is 10.3. The second kappa shape index (κ2) is 8.00. The molecule has 0 atom stereocenters. The molecule has 3 N–H and O–H groups in total. The first-order valence-electron chi connectivity index (χ1n) is 5.61. The molecule has 0 aromatic heterocycles. The number of hydrogen-bond acceptors (Lipinski definition) is 4. The van der Waals surface area contributed by atoms with E-state index in [-0.39, 0.29) is 5.90 Å². The quantitative estimate of drug-likeness (QED) is 0.568. The van der Waals surface area contributed by atoms with Crippen molar-refractivity contribution in [3.63, 3.8) is 0 Å². The summed E-state index contributed by atoms with van der Waals surface area (Å²) in [5.74, 6) is -1.81. The van der Waals surface area contributed by atoms with Gasteiger partial charge in [-0.15, -0.1) is 0 Å². The second-order valence-electron chi connectivity index (χ2n) is 3.29. The number of carbonyl (C=O) groups is 1. The molecule has 18 heavy (non-hydrogen) atoms. The fraction of sp³-hybridized carbons (Fsp3) is 0.308. The van der Waals surface area contributed by atoms with Gasteiger partial charge < -0.3 is 9.84 Å². The Morgan fingerprint density at radius 1 is 1.22 bits per heavy atom. The van der Waals surface area contributed by atoms with E-state index in [1.54, 1.807) is 12.1 Å². The fourth-order valence-corrected chi connectivity index (χ4v) is 1.06. The number of aryl methyl sites for hydroxylation is 1. The van der Waals surface area contributed by atoms with Crippen molar-refractivity contribution in [2.45, 2.75) is 27.2 Å². The van der Waals surface area contributed by atoms with Gasteiger partial charge in [-0.1, -0.05) is 31.5 Å². The number of hydrogen-bond donors (Lipinski definition) is 3. The van der Waals surface area contributed by atoms with Crippen molar-refractivity contribution in [3.05, 3.63) is 35.4 Å². The Kier molecular flexibility index (Phi) is 7.04. The van der Waals surface area contributed by atoms with Gasteiger partial charge in [0.05, 0.1) is 0 Å². The summed E-state index contributed by atoms with van der Waals surface area (Å²) in [7, 11) is 0. The van der Waals surface area contributed by atoms with Crippen molar-refractivity contribution in [1.82, 2.24) is 0 Å². The van der Waals surface area contributed by atoms with Crippen molar-refractivity contribution < 1.29 is 14.6 Å². The van der Waals surface area contributed by atoms with Gasteiger partial charge in [-0.3, -0.25) is 15.6 Å². The summed E-state index contributed by atoms with van der Waals surface area (Å²) in [5, 5.41) is 23.1. The molecule has 0 bridgehead atoms. The van der Waals surface area contributed by atoms with Crippen LogP contribution in [-0.4, -0.2) is 22.9 Å². The maximum Gasteiger partial charge on any atom is 0.312 e. The van der Waals surface area contributed by atoms with E-state index in [9.17, 15) is 4.79 Å². The zero-order valence-electron chi connectivity index (χ0n) is 10.8. The lowest BCUT2D eigenvalue weighted by atomic mass is 10.1. The molecule has 1 aromatic carbocycles. The molecule has 0 heterocycles. The third kappa shape index (κ3) is 5.79. The minimum absolute atomic E-state index is 0.216. The van der Waals surface area contributed by atoms with Crippen LogP contribution < -0.4 is 0 Å². The van der Waals surface area contributed by atoms with Crippen LogP contribution in [0.2, 0.25) is 0 Å². The molecule has 0 amide bonds. The van der Waals surface area contributed by atoms with Gasteiger partial charge in [0.2, 0.25) is 11.8 Å². The monoisotopic (exact) mass is 250 g/mol. The highest BCUT2D eigenvalue weighted by atomic mass is 16.5.